The molecular formula is C15H28N2O4S. The Bertz CT molecular complexity index is 484. The second kappa shape index (κ2) is 6.74. The van der Waals surface area contributed by atoms with E-state index in [2.05, 4.69) is 10.6 Å². The van der Waals surface area contributed by atoms with Crippen molar-refractivity contribution in [3.8, 4) is 0 Å². The topological polar surface area (TPSA) is 84.5 Å². The van der Waals surface area contributed by atoms with Crippen molar-refractivity contribution in [1.29, 1.82) is 0 Å². The molecule has 7 heteroatoms. The first-order valence-corrected chi connectivity index (χ1v) is 9.91. The van der Waals surface area contributed by atoms with Crippen molar-refractivity contribution in [3.63, 3.8) is 0 Å². The molecule has 0 bridgehead atoms. The summed E-state index contributed by atoms with van der Waals surface area (Å²) in [4.78, 5) is 11.8. The van der Waals surface area contributed by atoms with Crippen LogP contribution in [-0.4, -0.2) is 49.7 Å². The molecule has 1 aliphatic carbocycles. The molecule has 1 saturated carbocycles. The van der Waals surface area contributed by atoms with Gasteiger partial charge in [-0.25, -0.2) is 13.2 Å². The van der Waals surface area contributed by atoms with Crippen LogP contribution in [0.25, 0.3) is 0 Å². The number of sulfone groups is 1. The first-order valence-electron chi connectivity index (χ1n) is 8.09. The van der Waals surface area contributed by atoms with E-state index in [1.54, 1.807) is 0 Å². The Balaban J connectivity index is 1.71. The van der Waals surface area contributed by atoms with E-state index in [-0.39, 0.29) is 29.7 Å². The summed E-state index contributed by atoms with van der Waals surface area (Å²) in [6.45, 7) is 5.55. The standard InChI is InChI=1S/C15H28N2O4S/c1-15(2,3)21-14(18)17-13-5-4-12(10-13)16-11-6-8-22(19,20)9-7-11/h11-13,16H,4-10H2,1-3H3,(H,17,18). The lowest BCUT2D eigenvalue weighted by Gasteiger charge is -2.26. The Kier molecular flexibility index (Phi) is 5.37. The molecule has 128 valence electrons. The Morgan fingerprint density at radius 3 is 2.18 bits per heavy atom. The van der Waals surface area contributed by atoms with Gasteiger partial charge in [0.2, 0.25) is 0 Å². The Morgan fingerprint density at radius 2 is 1.59 bits per heavy atom. The number of ether oxygens (including phenoxy) is 1. The van der Waals surface area contributed by atoms with Crippen LogP contribution in [0.15, 0.2) is 0 Å². The number of carbonyl (C=O) groups excluding carboxylic acids is 1. The van der Waals surface area contributed by atoms with Gasteiger partial charge in [0.15, 0.2) is 0 Å². The molecule has 0 spiro atoms. The third kappa shape index (κ3) is 5.76. The predicted molar refractivity (Wildman–Crippen MR) is 85.6 cm³/mol. The van der Waals surface area contributed by atoms with Gasteiger partial charge >= 0.3 is 6.09 Å². The fraction of sp³-hybridized carbons (Fsp3) is 0.933. The van der Waals surface area contributed by atoms with E-state index in [4.69, 9.17) is 4.74 Å². The number of carbonyl (C=O) groups is 1. The molecule has 0 aromatic rings. The molecule has 1 heterocycles. The largest absolute Gasteiger partial charge is 0.444 e. The zero-order chi connectivity index (χ0) is 16.4. The second-order valence-corrected chi connectivity index (χ2v) is 9.75. The molecule has 6 nitrogen and oxygen atoms in total. The van der Waals surface area contributed by atoms with E-state index >= 15 is 0 Å². The fourth-order valence-electron chi connectivity index (χ4n) is 3.13. The first-order chi connectivity index (χ1) is 10.1. The molecule has 0 radical (unpaired) electrons. The van der Waals surface area contributed by atoms with Crippen molar-refractivity contribution >= 4 is 15.9 Å². The number of alkyl carbamates (subject to hydrolysis) is 1. The van der Waals surface area contributed by atoms with Gasteiger partial charge in [0.05, 0.1) is 11.5 Å². The van der Waals surface area contributed by atoms with Crippen molar-refractivity contribution in [2.75, 3.05) is 11.5 Å². The van der Waals surface area contributed by atoms with Crippen molar-refractivity contribution in [1.82, 2.24) is 10.6 Å². The second-order valence-electron chi connectivity index (χ2n) is 7.45. The van der Waals surface area contributed by atoms with Gasteiger partial charge in [0, 0.05) is 18.1 Å². The van der Waals surface area contributed by atoms with Gasteiger partial charge in [0.1, 0.15) is 15.4 Å². The molecular weight excluding hydrogens is 304 g/mol. The van der Waals surface area contributed by atoms with Crippen LogP contribution in [0.2, 0.25) is 0 Å². The normalized spacial score (nSPS) is 29.2. The maximum Gasteiger partial charge on any atom is 0.407 e. The van der Waals surface area contributed by atoms with E-state index in [9.17, 15) is 13.2 Å². The number of rotatable bonds is 3. The van der Waals surface area contributed by atoms with Crippen LogP contribution in [0.3, 0.4) is 0 Å². The lowest BCUT2D eigenvalue weighted by molar-refractivity contribution is 0.0505. The molecule has 1 amide bonds. The maximum atomic E-state index is 11.8. The molecule has 2 rings (SSSR count). The monoisotopic (exact) mass is 332 g/mol. The van der Waals surface area contributed by atoms with E-state index in [0.717, 1.165) is 19.3 Å². The summed E-state index contributed by atoms with van der Waals surface area (Å²) in [6.07, 6.45) is 3.85. The van der Waals surface area contributed by atoms with Crippen molar-refractivity contribution in [2.45, 2.75) is 76.6 Å². The number of nitrogens with one attached hydrogen (secondary N) is 2. The highest BCUT2D eigenvalue weighted by molar-refractivity contribution is 7.91. The van der Waals surface area contributed by atoms with Gasteiger partial charge in [-0.15, -0.1) is 0 Å². The van der Waals surface area contributed by atoms with Crippen LogP contribution in [0.5, 0.6) is 0 Å². The zero-order valence-electron chi connectivity index (χ0n) is 13.7. The van der Waals surface area contributed by atoms with Crippen molar-refractivity contribution in [2.24, 2.45) is 0 Å². The Labute approximate surface area is 133 Å². The quantitative estimate of drug-likeness (QED) is 0.820. The molecule has 22 heavy (non-hydrogen) atoms. The average Bonchev–Trinajstić information content (AvgIpc) is 2.77. The number of amides is 1. The minimum Gasteiger partial charge on any atom is -0.444 e. The maximum absolute atomic E-state index is 11.8. The summed E-state index contributed by atoms with van der Waals surface area (Å²) in [5.41, 5.74) is -0.478. The lowest BCUT2D eigenvalue weighted by Crippen LogP contribution is -2.43. The molecule has 2 aliphatic rings. The van der Waals surface area contributed by atoms with Gasteiger partial charge in [-0.1, -0.05) is 0 Å². The minimum atomic E-state index is -2.81. The van der Waals surface area contributed by atoms with Crippen molar-refractivity contribution < 1.29 is 17.9 Å². The summed E-state index contributed by atoms with van der Waals surface area (Å²) in [7, 11) is -2.81. The molecule has 2 N–H and O–H groups in total. The third-order valence-corrected chi connectivity index (χ3v) is 5.89. The van der Waals surface area contributed by atoms with Gasteiger partial charge in [-0.2, -0.15) is 0 Å². The molecule has 2 atom stereocenters. The summed E-state index contributed by atoms with van der Waals surface area (Å²) in [5.74, 6) is 0.577. The van der Waals surface area contributed by atoms with Crippen LogP contribution in [0, 0.1) is 0 Å². The molecule has 2 unspecified atom stereocenters. The van der Waals surface area contributed by atoms with Crippen molar-refractivity contribution in [3.05, 3.63) is 0 Å². The summed E-state index contributed by atoms with van der Waals surface area (Å²) in [5, 5.41) is 6.47. The predicted octanol–water partition coefficient (Wildman–Crippen LogP) is 1.60. The Morgan fingerprint density at radius 1 is 1.00 bits per heavy atom. The highest BCUT2D eigenvalue weighted by Crippen LogP contribution is 2.22. The smallest absolute Gasteiger partial charge is 0.407 e. The fourth-order valence-corrected chi connectivity index (χ4v) is 4.62. The summed E-state index contributed by atoms with van der Waals surface area (Å²) < 4.78 is 28.1. The van der Waals surface area contributed by atoms with Gasteiger partial charge in [-0.3, -0.25) is 0 Å². The molecule has 1 saturated heterocycles. The highest BCUT2D eigenvalue weighted by atomic mass is 32.2. The molecule has 2 fully saturated rings. The molecule has 0 aromatic heterocycles. The van der Waals surface area contributed by atoms with Crippen LogP contribution in [0.4, 0.5) is 4.79 Å². The highest BCUT2D eigenvalue weighted by Gasteiger charge is 2.31. The summed E-state index contributed by atoms with van der Waals surface area (Å²) >= 11 is 0. The van der Waals surface area contributed by atoms with Gasteiger partial charge in [-0.05, 0) is 52.9 Å². The van der Waals surface area contributed by atoms with Crippen LogP contribution >= 0.6 is 0 Å². The van der Waals surface area contributed by atoms with Crippen LogP contribution in [-0.2, 0) is 14.6 Å². The lowest BCUT2D eigenvalue weighted by atomic mass is 10.1. The van der Waals surface area contributed by atoms with E-state index < -0.39 is 15.4 Å². The van der Waals surface area contributed by atoms with E-state index in [1.807, 2.05) is 20.8 Å². The van der Waals surface area contributed by atoms with Crippen LogP contribution in [0.1, 0.15) is 52.9 Å². The van der Waals surface area contributed by atoms with E-state index in [0.29, 0.717) is 18.9 Å². The Hall–Kier alpha value is -0.820. The molecule has 0 aromatic carbocycles. The molecule has 1 aliphatic heterocycles. The SMILES string of the molecule is CC(C)(C)OC(=O)NC1CCC(NC2CCS(=O)(=O)CC2)C1. The van der Waals surface area contributed by atoms with Gasteiger partial charge < -0.3 is 15.4 Å². The average molecular weight is 332 g/mol. The zero-order valence-corrected chi connectivity index (χ0v) is 14.5. The van der Waals surface area contributed by atoms with Gasteiger partial charge in [0.25, 0.3) is 0 Å². The number of hydrogen-bond donors (Lipinski definition) is 2. The third-order valence-electron chi connectivity index (χ3n) is 4.18. The van der Waals surface area contributed by atoms with Crippen LogP contribution < -0.4 is 10.6 Å². The minimum absolute atomic E-state index is 0.139. The summed E-state index contributed by atoms with van der Waals surface area (Å²) in [6, 6.07) is 0.777. The van der Waals surface area contributed by atoms with E-state index in [1.165, 1.54) is 0 Å². The first kappa shape index (κ1) is 17.5. The number of hydrogen-bond acceptors (Lipinski definition) is 5.